The Morgan fingerprint density at radius 1 is 1.10 bits per heavy atom. The normalized spacial score (nSPS) is 11.4. The molecule has 0 atom stereocenters. The highest BCUT2D eigenvalue weighted by Crippen LogP contribution is 2.33. The highest BCUT2D eigenvalue weighted by Gasteiger charge is 2.31. The topological polar surface area (TPSA) is 24.9 Å². The zero-order valence-electron chi connectivity index (χ0n) is 11.0. The molecule has 1 aromatic heterocycles. The van der Waals surface area contributed by atoms with Gasteiger partial charge in [0.25, 0.3) is 0 Å². The Hall–Kier alpha value is -2.04. The van der Waals surface area contributed by atoms with Crippen LogP contribution >= 0.6 is 0 Å². The molecule has 2 aromatic rings. The van der Waals surface area contributed by atoms with E-state index in [2.05, 4.69) is 10.3 Å². The maximum Gasteiger partial charge on any atom is 0.416 e. The van der Waals surface area contributed by atoms with Crippen LogP contribution in [-0.2, 0) is 6.18 Å². The van der Waals surface area contributed by atoms with Gasteiger partial charge in [-0.15, -0.1) is 0 Å². The second kappa shape index (κ2) is 5.94. The zero-order chi connectivity index (χ0) is 14.6. The number of hydrogen-bond acceptors (Lipinski definition) is 2. The van der Waals surface area contributed by atoms with E-state index in [4.69, 9.17) is 0 Å². The molecule has 1 N–H and O–H groups in total. The first-order valence-corrected chi connectivity index (χ1v) is 6.39. The SMILES string of the molecule is CCCNc1cc(C(F)(F)F)cc(-c2ccccc2)n1. The van der Waals surface area contributed by atoms with Gasteiger partial charge in [0, 0.05) is 12.1 Å². The van der Waals surface area contributed by atoms with E-state index in [1.807, 2.05) is 13.0 Å². The maximum absolute atomic E-state index is 12.9. The third-order valence-corrected chi connectivity index (χ3v) is 2.78. The lowest BCUT2D eigenvalue weighted by Crippen LogP contribution is -2.09. The molecule has 0 amide bonds. The van der Waals surface area contributed by atoms with Crippen LogP contribution in [0.3, 0.4) is 0 Å². The molecule has 2 rings (SSSR count). The average molecular weight is 280 g/mol. The van der Waals surface area contributed by atoms with Gasteiger partial charge in [-0.25, -0.2) is 4.98 Å². The van der Waals surface area contributed by atoms with Crippen LogP contribution in [0.2, 0.25) is 0 Å². The lowest BCUT2D eigenvalue weighted by molar-refractivity contribution is -0.137. The van der Waals surface area contributed by atoms with Crippen molar-refractivity contribution < 1.29 is 13.2 Å². The number of nitrogens with zero attached hydrogens (tertiary/aromatic N) is 1. The smallest absolute Gasteiger partial charge is 0.370 e. The fraction of sp³-hybridized carbons (Fsp3) is 0.267. The van der Waals surface area contributed by atoms with Crippen LogP contribution in [0.25, 0.3) is 11.3 Å². The first kappa shape index (κ1) is 14.4. The molecule has 5 heteroatoms. The summed E-state index contributed by atoms with van der Waals surface area (Å²) >= 11 is 0. The summed E-state index contributed by atoms with van der Waals surface area (Å²) in [6.45, 7) is 2.53. The van der Waals surface area contributed by atoms with E-state index < -0.39 is 11.7 Å². The Morgan fingerprint density at radius 3 is 2.40 bits per heavy atom. The van der Waals surface area contributed by atoms with Gasteiger partial charge in [0.2, 0.25) is 0 Å². The number of anilines is 1. The van der Waals surface area contributed by atoms with E-state index in [0.717, 1.165) is 18.6 Å². The van der Waals surface area contributed by atoms with Crippen molar-refractivity contribution in [1.82, 2.24) is 4.98 Å². The fourth-order valence-corrected chi connectivity index (χ4v) is 1.79. The average Bonchev–Trinajstić information content (AvgIpc) is 2.45. The number of pyridine rings is 1. The summed E-state index contributed by atoms with van der Waals surface area (Å²) in [7, 11) is 0. The fourth-order valence-electron chi connectivity index (χ4n) is 1.79. The highest BCUT2D eigenvalue weighted by atomic mass is 19.4. The van der Waals surface area contributed by atoms with Crippen molar-refractivity contribution in [2.45, 2.75) is 19.5 Å². The van der Waals surface area contributed by atoms with Crippen LogP contribution < -0.4 is 5.32 Å². The lowest BCUT2D eigenvalue weighted by atomic mass is 10.1. The van der Waals surface area contributed by atoms with Gasteiger partial charge in [-0.1, -0.05) is 37.3 Å². The van der Waals surface area contributed by atoms with Gasteiger partial charge in [0.15, 0.2) is 0 Å². The van der Waals surface area contributed by atoms with E-state index in [-0.39, 0.29) is 5.82 Å². The first-order chi connectivity index (χ1) is 9.50. The Labute approximate surface area is 115 Å². The summed E-state index contributed by atoms with van der Waals surface area (Å²) in [6.07, 6.45) is -3.56. The Kier molecular flexibility index (Phi) is 4.27. The summed E-state index contributed by atoms with van der Waals surface area (Å²) in [6, 6.07) is 11.0. The molecule has 0 aliphatic carbocycles. The van der Waals surface area contributed by atoms with Crippen LogP contribution in [0.1, 0.15) is 18.9 Å². The third kappa shape index (κ3) is 3.50. The van der Waals surface area contributed by atoms with Crippen molar-refractivity contribution in [3.05, 3.63) is 48.0 Å². The standard InChI is InChI=1S/C15H15F3N2/c1-2-8-19-14-10-12(15(16,17)18)9-13(20-14)11-6-4-3-5-7-11/h3-7,9-10H,2,8H2,1H3,(H,19,20). The van der Waals surface area contributed by atoms with Gasteiger partial charge in [-0.2, -0.15) is 13.2 Å². The van der Waals surface area contributed by atoms with Gasteiger partial charge in [0.1, 0.15) is 5.82 Å². The predicted molar refractivity (Wildman–Crippen MR) is 73.5 cm³/mol. The minimum Gasteiger partial charge on any atom is -0.370 e. The molecule has 106 valence electrons. The predicted octanol–water partition coefficient (Wildman–Crippen LogP) is 4.59. The summed E-state index contributed by atoms with van der Waals surface area (Å²) in [5.74, 6) is 0.250. The van der Waals surface area contributed by atoms with E-state index in [1.165, 1.54) is 0 Å². The van der Waals surface area contributed by atoms with Crippen LogP contribution in [0, 0.1) is 0 Å². The number of aromatic nitrogens is 1. The molecule has 0 radical (unpaired) electrons. The van der Waals surface area contributed by atoms with Gasteiger partial charge in [0.05, 0.1) is 11.3 Å². The summed E-state index contributed by atoms with van der Waals surface area (Å²) < 4.78 is 38.8. The van der Waals surface area contributed by atoms with Crippen molar-refractivity contribution in [2.24, 2.45) is 0 Å². The summed E-state index contributed by atoms with van der Waals surface area (Å²) in [5.41, 5.74) is 0.294. The number of benzene rings is 1. The molecule has 0 aliphatic rings. The molecule has 0 fully saturated rings. The zero-order valence-corrected chi connectivity index (χ0v) is 11.0. The van der Waals surface area contributed by atoms with Crippen LogP contribution in [-0.4, -0.2) is 11.5 Å². The number of hydrogen-bond donors (Lipinski definition) is 1. The van der Waals surface area contributed by atoms with Crippen LogP contribution in [0.5, 0.6) is 0 Å². The Morgan fingerprint density at radius 2 is 1.80 bits per heavy atom. The monoisotopic (exact) mass is 280 g/mol. The molecule has 0 saturated carbocycles. The molecule has 0 saturated heterocycles. The third-order valence-electron chi connectivity index (χ3n) is 2.78. The molecule has 1 aromatic carbocycles. The van der Waals surface area contributed by atoms with Crippen molar-refractivity contribution in [2.75, 3.05) is 11.9 Å². The van der Waals surface area contributed by atoms with E-state index in [1.54, 1.807) is 24.3 Å². The quantitative estimate of drug-likeness (QED) is 0.886. The molecule has 1 heterocycles. The first-order valence-electron chi connectivity index (χ1n) is 6.39. The molecule has 0 bridgehead atoms. The second-order valence-electron chi connectivity index (χ2n) is 4.42. The number of halogens is 3. The van der Waals surface area contributed by atoms with Crippen molar-refractivity contribution in [3.63, 3.8) is 0 Å². The molecular formula is C15H15F3N2. The molecule has 0 spiro atoms. The maximum atomic E-state index is 12.9. The Bertz CT molecular complexity index is 565. The van der Waals surface area contributed by atoms with E-state index in [9.17, 15) is 13.2 Å². The van der Waals surface area contributed by atoms with Crippen LogP contribution in [0.15, 0.2) is 42.5 Å². The number of nitrogens with one attached hydrogen (secondary N) is 1. The van der Waals surface area contributed by atoms with Gasteiger partial charge in [-0.05, 0) is 18.6 Å². The summed E-state index contributed by atoms with van der Waals surface area (Å²) in [5, 5.41) is 2.91. The molecule has 0 unspecified atom stereocenters. The molecule has 0 aliphatic heterocycles. The Balaban J connectivity index is 2.46. The van der Waals surface area contributed by atoms with E-state index >= 15 is 0 Å². The van der Waals surface area contributed by atoms with Gasteiger partial charge < -0.3 is 5.32 Å². The van der Waals surface area contributed by atoms with Crippen molar-refractivity contribution in [1.29, 1.82) is 0 Å². The van der Waals surface area contributed by atoms with Gasteiger partial charge in [-0.3, -0.25) is 0 Å². The van der Waals surface area contributed by atoms with Gasteiger partial charge >= 0.3 is 6.18 Å². The van der Waals surface area contributed by atoms with E-state index in [0.29, 0.717) is 17.8 Å². The minimum absolute atomic E-state index is 0.250. The molecule has 2 nitrogen and oxygen atoms in total. The molecule has 20 heavy (non-hydrogen) atoms. The minimum atomic E-state index is -4.38. The molecular weight excluding hydrogens is 265 g/mol. The second-order valence-corrected chi connectivity index (χ2v) is 4.42. The highest BCUT2D eigenvalue weighted by molar-refractivity contribution is 5.62. The van der Waals surface area contributed by atoms with Crippen LogP contribution in [0.4, 0.5) is 19.0 Å². The summed E-state index contributed by atoms with van der Waals surface area (Å²) in [4.78, 5) is 4.24. The largest absolute Gasteiger partial charge is 0.416 e. The lowest BCUT2D eigenvalue weighted by Gasteiger charge is -2.12. The van der Waals surface area contributed by atoms with Crippen molar-refractivity contribution >= 4 is 5.82 Å². The van der Waals surface area contributed by atoms with Crippen molar-refractivity contribution in [3.8, 4) is 11.3 Å². The number of rotatable bonds is 4. The number of alkyl halides is 3.